The highest BCUT2D eigenvalue weighted by Gasteiger charge is 2.16. The molecule has 2 aromatic heterocycles. The van der Waals surface area contributed by atoms with E-state index < -0.39 is 18.6 Å². The number of pyridine rings is 1. The SMILES string of the molecule is Cc1cccc(Cn2cnc(NC(=O)c3cnc(C(O)CO)c(Cl)c3)c2)c1. The van der Waals surface area contributed by atoms with E-state index in [2.05, 4.69) is 21.4 Å². The number of carbonyl (C=O) groups is 1. The third-order valence-electron chi connectivity index (χ3n) is 3.94. The molecule has 1 aromatic carbocycles. The standard InChI is InChI=1S/C19H19ClN4O3/c1-12-3-2-4-13(5-12)8-24-9-17(22-11-24)23-19(27)14-6-15(20)18(21-7-14)16(26)10-25/h2-7,9,11,16,25-26H,8,10H2,1H3,(H,23,27). The molecule has 8 heteroatoms. The van der Waals surface area contributed by atoms with Crippen LogP contribution in [0.3, 0.4) is 0 Å². The van der Waals surface area contributed by atoms with Crippen molar-refractivity contribution >= 4 is 23.3 Å². The van der Waals surface area contributed by atoms with Crippen LogP contribution in [-0.4, -0.2) is 37.3 Å². The average Bonchev–Trinajstić information content (AvgIpc) is 3.07. The van der Waals surface area contributed by atoms with E-state index in [1.807, 2.05) is 29.7 Å². The molecule has 0 spiro atoms. The van der Waals surface area contributed by atoms with Crippen molar-refractivity contribution in [2.24, 2.45) is 0 Å². The van der Waals surface area contributed by atoms with E-state index in [0.29, 0.717) is 12.4 Å². The van der Waals surface area contributed by atoms with Gasteiger partial charge in [-0.3, -0.25) is 9.78 Å². The van der Waals surface area contributed by atoms with Gasteiger partial charge in [0, 0.05) is 18.9 Å². The number of carbonyl (C=O) groups excluding carboxylic acids is 1. The number of aromatic nitrogens is 3. The molecule has 0 aliphatic carbocycles. The van der Waals surface area contributed by atoms with Crippen molar-refractivity contribution in [1.82, 2.24) is 14.5 Å². The summed E-state index contributed by atoms with van der Waals surface area (Å²) in [4.78, 5) is 20.5. The lowest BCUT2D eigenvalue weighted by molar-refractivity contribution is 0.0921. The Labute approximate surface area is 161 Å². The van der Waals surface area contributed by atoms with Gasteiger partial charge in [0.05, 0.1) is 29.2 Å². The fraction of sp³-hybridized carbons (Fsp3) is 0.211. The zero-order chi connectivity index (χ0) is 19.4. The summed E-state index contributed by atoms with van der Waals surface area (Å²) >= 11 is 6.02. The van der Waals surface area contributed by atoms with Gasteiger partial charge in [-0.05, 0) is 18.6 Å². The van der Waals surface area contributed by atoms with Crippen LogP contribution in [-0.2, 0) is 6.54 Å². The number of aliphatic hydroxyl groups is 2. The van der Waals surface area contributed by atoms with E-state index in [1.165, 1.54) is 17.8 Å². The molecular formula is C19H19ClN4O3. The van der Waals surface area contributed by atoms with Gasteiger partial charge in [-0.15, -0.1) is 0 Å². The van der Waals surface area contributed by atoms with Crippen LogP contribution >= 0.6 is 11.6 Å². The normalized spacial score (nSPS) is 12.0. The first kappa shape index (κ1) is 19.0. The second-order valence-electron chi connectivity index (χ2n) is 6.16. The molecule has 0 fully saturated rings. The average molecular weight is 387 g/mol. The van der Waals surface area contributed by atoms with Crippen molar-refractivity contribution in [3.8, 4) is 0 Å². The number of rotatable bonds is 6. The summed E-state index contributed by atoms with van der Waals surface area (Å²) < 4.78 is 1.87. The van der Waals surface area contributed by atoms with Crippen molar-refractivity contribution < 1.29 is 15.0 Å². The van der Waals surface area contributed by atoms with E-state index in [-0.39, 0.29) is 16.3 Å². The molecular weight excluding hydrogens is 368 g/mol. The maximum absolute atomic E-state index is 12.4. The molecule has 0 aliphatic heterocycles. The summed E-state index contributed by atoms with van der Waals surface area (Å²) in [7, 11) is 0. The molecule has 3 aromatic rings. The lowest BCUT2D eigenvalue weighted by Gasteiger charge is -2.09. The summed E-state index contributed by atoms with van der Waals surface area (Å²) in [6.45, 7) is 2.18. The molecule has 0 saturated heterocycles. The summed E-state index contributed by atoms with van der Waals surface area (Å²) in [5, 5.41) is 21.4. The maximum Gasteiger partial charge on any atom is 0.258 e. The molecule has 2 heterocycles. The van der Waals surface area contributed by atoms with Gasteiger partial charge in [-0.25, -0.2) is 4.98 Å². The second kappa shape index (κ2) is 8.30. The Morgan fingerprint density at radius 1 is 1.33 bits per heavy atom. The quantitative estimate of drug-likeness (QED) is 0.604. The Balaban J connectivity index is 1.68. The number of aliphatic hydroxyl groups excluding tert-OH is 2. The van der Waals surface area contributed by atoms with Crippen LogP contribution in [0.25, 0.3) is 0 Å². The number of imidazole rings is 1. The van der Waals surface area contributed by atoms with E-state index in [1.54, 1.807) is 12.5 Å². The Bertz CT molecular complexity index is 958. The molecule has 1 amide bonds. The number of hydrogen-bond donors (Lipinski definition) is 3. The second-order valence-corrected chi connectivity index (χ2v) is 6.57. The molecule has 1 atom stereocenters. The van der Waals surface area contributed by atoms with Crippen LogP contribution in [0.2, 0.25) is 5.02 Å². The minimum absolute atomic E-state index is 0.106. The number of aryl methyl sites for hydroxylation is 1. The predicted octanol–water partition coefficient (Wildman–Crippen LogP) is 2.57. The summed E-state index contributed by atoms with van der Waals surface area (Å²) in [6.07, 6.45) is 3.48. The molecule has 3 rings (SSSR count). The van der Waals surface area contributed by atoms with Crippen molar-refractivity contribution in [1.29, 1.82) is 0 Å². The van der Waals surface area contributed by atoms with Crippen molar-refractivity contribution in [2.75, 3.05) is 11.9 Å². The summed E-state index contributed by atoms with van der Waals surface area (Å²) in [5.41, 5.74) is 2.67. The van der Waals surface area contributed by atoms with Crippen molar-refractivity contribution in [2.45, 2.75) is 19.6 Å². The van der Waals surface area contributed by atoms with Crippen LogP contribution in [0.5, 0.6) is 0 Å². The summed E-state index contributed by atoms with van der Waals surface area (Å²) in [5.74, 6) is -0.0153. The highest BCUT2D eigenvalue weighted by atomic mass is 35.5. The fourth-order valence-electron chi connectivity index (χ4n) is 2.63. The molecule has 0 aliphatic rings. The van der Waals surface area contributed by atoms with Gasteiger partial charge in [0.2, 0.25) is 0 Å². The molecule has 27 heavy (non-hydrogen) atoms. The van der Waals surface area contributed by atoms with E-state index >= 15 is 0 Å². The smallest absolute Gasteiger partial charge is 0.258 e. The van der Waals surface area contributed by atoms with Crippen molar-refractivity contribution in [3.05, 3.63) is 76.5 Å². The number of anilines is 1. The van der Waals surface area contributed by atoms with Gasteiger partial charge in [0.1, 0.15) is 6.10 Å². The van der Waals surface area contributed by atoms with Crippen LogP contribution in [0.1, 0.15) is 33.3 Å². The first-order valence-corrected chi connectivity index (χ1v) is 8.67. The topological polar surface area (TPSA) is 100 Å². The van der Waals surface area contributed by atoms with Gasteiger partial charge in [0.25, 0.3) is 5.91 Å². The van der Waals surface area contributed by atoms with Crippen LogP contribution in [0, 0.1) is 6.92 Å². The fourth-order valence-corrected chi connectivity index (χ4v) is 2.92. The Morgan fingerprint density at radius 2 is 2.15 bits per heavy atom. The number of benzene rings is 1. The van der Waals surface area contributed by atoms with E-state index in [0.717, 1.165) is 5.56 Å². The zero-order valence-corrected chi connectivity index (χ0v) is 15.4. The minimum atomic E-state index is -1.19. The lowest BCUT2D eigenvalue weighted by atomic mass is 10.1. The zero-order valence-electron chi connectivity index (χ0n) is 14.6. The van der Waals surface area contributed by atoms with Gasteiger partial charge in [0.15, 0.2) is 5.82 Å². The van der Waals surface area contributed by atoms with Gasteiger partial charge < -0.3 is 20.1 Å². The molecule has 7 nitrogen and oxygen atoms in total. The number of hydrogen-bond acceptors (Lipinski definition) is 5. The monoisotopic (exact) mass is 386 g/mol. The van der Waals surface area contributed by atoms with Gasteiger partial charge >= 0.3 is 0 Å². The third kappa shape index (κ3) is 4.71. The Morgan fingerprint density at radius 3 is 2.85 bits per heavy atom. The van der Waals surface area contributed by atoms with Gasteiger partial charge in [-0.2, -0.15) is 0 Å². The van der Waals surface area contributed by atoms with Crippen molar-refractivity contribution in [3.63, 3.8) is 0 Å². The molecule has 3 N–H and O–H groups in total. The highest BCUT2D eigenvalue weighted by molar-refractivity contribution is 6.31. The Kier molecular flexibility index (Phi) is 5.85. The highest BCUT2D eigenvalue weighted by Crippen LogP contribution is 2.22. The molecule has 1 unspecified atom stereocenters. The van der Waals surface area contributed by atoms with E-state index in [4.69, 9.17) is 16.7 Å². The number of halogens is 1. The first-order chi connectivity index (χ1) is 13.0. The number of nitrogens with one attached hydrogen (secondary N) is 1. The molecule has 0 saturated carbocycles. The Hall–Kier alpha value is -2.74. The lowest BCUT2D eigenvalue weighted by Crippen LogP contribution is -2.14. The minimum Gasteiger partial charge on any atom is -0.393 e. The number of nitrogens with zero attached hydrogens (tertiary/aromatic N) is 3. The van der Waals surface area contributed by atoms with E-state index in [9.17, 15) is 9.90 Å². The summed E-state index contributed by atoms with van der Waals surface area (Å²) in [6, 6.07) is 9.54. The number of amides is 1. The first-order valence-electron chi connectivity index (χ1n) is 8.29. The molecule has 0 bridgehead atoms. The van der Waals surface area contributed by atoms with Gasteiger partial charge in [-0.1, -0.05) is 41.4 Å². The van der Waals surface area contributed by atoms with Crippen LogP contribution < -0.4 is 5.32 Å². The molecule has 140 valence electrons. The van der Waals surface area contributed by atoms with Crippen LogP contribution in [0.4, 0.5) is 5.82 Å². The predicted molar refractivity (Wildman–Crippen MR) is 102 cm³/mol. The third-order valence-corrected chi connectivity index (χ3v) is 4.25. The largest absolute Gasteiger partial charge is 0.393 e. The van der Waals surface area contributed by atoms with Crippen LogP contribution in [0.15, 0.2) is 49.1 Å². The molecule has 0 radical (unpaired) electrons. The maximum atomic E-state index is 12.4.